The second-order valence-corrected chi connectivity index (χ2v) is 6.44. The second-order valence-electron chi connectivity index (χ2n) is 5.62. The van der Waals surface area contributed by atoms with E-state index in [1.807, 2.05) is 19.9 Å². The minimum Gasteiger partial charge on any atom is -0.343 e. The molecule has 2 rings (SSSR count). The largest absolute Gasteiger partial charge is 0.343 e. The molecule has 0 atom stereocenters. The van der Waals surface area contributed by atoms with Crippen molar-refractivity contribution >= 4 is 29.1 Å². The summed E-state index contributed by atoms with van der Waals surface area (Å²) in [6.07, 6.45) is 1.54. The van der Waals surface area contributed by atoms with Crippen molar-refractivity contribution in [1.82, 2.24) is 15.3 Å². The van der Waals surface area contributed by atoms with Crippen molar-refractivity contribution in [3.8, 4) is 0 Å². The highest BCUT2D eigenvalue weighted by Gasteiger charge is 2.25. The van der Waals surface area contributed by atoms with E-state index in [-0.39, 0.29) is 5.91 Å². The highest BCUT2D eigenvalue weighted by molar-refractivity contribution is 6.42. The van der Waals surface area contributed by atoms with Crippen molar-refractivity contribution in [2.75, 3.05) is 0 Å². The van der Waals surface area contributed by atoms with Crippen molar-refractivity contribution < 1.29 is 4.79 Å². The first kappa shape index (κ1) is 16.7. The van der Waals surface area contributed by atoms with Gasteiger partial charge in [0.2, 0.25) is 0 Å². The van der Waals surface area contributed by atoms with Crippen LogP contribution in [-0.4, -0.2) is 15.9 Å². The number of hydrogen-bond donors (Lipinski definition) is 1. The van der Waals surface area contributed by atoms with Gasteiger partial charge >= 0.3 is 0 Å². The third kappa shape index (κ3) is 3.57. The summed E-state index contributed by atoms with van der Waals surface area (Å²) in [5, 5.41) is 3.91. The van der Waals surface area contributed by atoms with Crippen LogP contribution in [0.25, 0.3) is 0 Å². The summed E-state index contributed by atoms with van der Waals surface area (Å²) in [5.41, 5.74) is 1.36. The molecule has 1 aromatic carbocycles. The van der Waals surface area contributed by atoms with Crippen LogP contribution >= 0.6 is 23.2 Å². The number of carbonyl (C=O) groups is 1. The molecule has 1 amide bonds. The van der Waals surface area contributed by atoms with Gasteiger partial charge in [-0.2, -0.15) is 0 Å². The van der Waals surface area contributed by atoms with Crippen LogP contribution in [0.2, 0.25) is 10.0 Å². The Kier molecular flexibility index (Phi) is 4.73. The molecule has 0 spiro atoms. The number of benzene rings is 1. The fraction of sp³-hybridized carbons (Fsp3) is 0.312. The van der Waals surface area contributed by atoms with E-state index in [0.717, 1.165) is 5.56 Å². The quantitative estimate of drug-likeness (QED) is 0.918. The van der Waals surface area contributed by atoms with Crippen LogP contribution in [0.3, 0.4) is 0 Å². The van der Waals surface area contributed by atoms with Gasteiger partial charge in [0.15, 0.2) is 0 Å². The molecule has 1 aromatic heterocycles. The van der Waals surface area contributed by atoms with Crippen LogP contribution in [-0.2, 0) is 5.54 Å². The number of amides is 1. The molecule has 0 saturated heterocycles. The Hall–Kier alpha value is -1.65. The molecule has 0 bridgehead atoms. The maximum absolute atomic E-state index is 12.5. The monoisotopic (exact) mass is 337 g/mol. The molecular formula is C16H17Cl2N3O. The molecule has 2 aromatic rings. The van der Waals surface area contributed by atoms with Gasteiger partial charge in [-0.05, 0) is 45.4 Å². The summed E-state index contributed by atoms with van der Waals surface area (Å²) in [4.78, 5) is 20.8. The van der Waals surface area contributed by atoms with Gasteiger partial charge < -0.3 is 5.32 Å². The number of halogens is 2. The first-order chi connectivity index (χ1) is 10.2. The highest BCUT2D eigenvalue weighted by Crippen LogP contribution is 2.28. The van der Waals surface area contributed by atoms with E-state index in [1.165, 1.54) is 6.20 Å². The maximum Gasteiger partial charge on any atom is 0.255 e. The van der Waals surface area contributed by atoms with Gasteiger partial charge in [0, 0.05) is 6.20 Å². The lowest BCUT2D eigenvalue weighted by Gasteiger charge is -2.27. The van der Waals surface area contributed by atoms with Gasteiger partial charge in [0.05, 0.1) is 26.8 Å². The van der Waals surface area contributed by atoms with Crippen molar-refractivity contribution in [3.63, 3.8) is 0 Å². The van der Waals surface area contributed by atoms with Gasteiger partial charge in [-0.25, -0.2) is 9.97 Å². The molecule has 0 radical (unpaired) electrons. The molecule has 1 heterocycles. The molecule has 22 heavy (non-hydrogen) atoms. The fourth-order valence-corrected chi connectivity index (χ4v) is 2.41. The Balaban J connectivity index is 2.27. The lowest BCUT2D eigenvalue weighted by molar-refractivity contribution is 0.0910. The third-order valence-electron chi connectivity index (χ3n) is 3.41. The number of rotatable bonds is 3. The molecule has 1 N–H and O–H groups in total. The van der Waals surface area contributed by atoms with Crippen LogP contribution in [0.5, 0.6) is 0 Å². The van der Waals surface area contributed by atoms with Gasteiger partial charge in [-0.3, -0.25) is 4.79 Å². The zero-order valence-corrected chi connectivity index (χ0v) is 14.4. The van der Waals surface area contributed by atoms with Crippen molar-refractivity contribution in [3.05, 3.63) is 57.1 Å². The molecule has 0 fully saturated rings. The Morgan fingerprint density at radius 2 is 1.86 bits per heavy atom. The molecule has 4 nitrogen and oxygen atoms in total. The molecule has 6 heteroatoms. The first-order valence-electron chi connectivity index (χ1n) is 6.79. The molecule has 0 aliphatic heterocycles. The normalized spacial score (nSPS) is 11.4. The summed E-state index contributed by atoms with van der Waals surface area (Å²) in [5.74, 6) is 0.409. The summed E-state index contributed by atoms with van der Waals surface area (Å²) < 4.78 is 0. The van der Waals surface area contributed by atoms with Crippen LogP contribution in [0.4, 0.5) is 0 Å². The van der Waals surface area contributed by atoms with Gasteiger partial charge in [-0.15, -0.1) is 0 Å². The molecule has 0 aliphatic carbocycles. The van der Waals surface area contributed by atoms with E-state index < -0.39 is 5.54 Å². The van der Waals surface area contributed by atoms with Crippen molar-refractivity contribution in [2.45, 2.75) is 33.2 Å². The van der Waals surface area contributed by atoms with E-state index >= 15 is 0 Å². The summed E-state index contributed by atoms with van der Waals surface area (Å²) in [7, 11) is 0. The van der Waals surface area contributed by atoms with E-state index in [4.69, 9.17) is 23.2 Å². The summed E-state index contributed by atoms with van der Waals surface area (Å²) in [6, 6.07) is 5.31. The summed E-state index contributed by atoms with van der Waals surface area (Å²) in [6.45, 7) is 7.37. The van der Waals surface area contributed by atoms with E-state index in [1.54, 1.807) is 26.0 Å². The standard InChI is InChI=1S/C16H17Cl2N3O/c1-9-12(8-19-10(2)20-9)15(22)21-16(3,4)11-5-6-13(17)14(18)7-11/h5-8H,1-4H3,(H,21,22). The zero-order valence-electron chi connectivity index (χ0n) is 12.9. The van der Waals surface area contributed by atoms with Gasteiger partial charge in [0.1, 0.15) is 5.82 Å². The zero-order chi connectivity index (χ0) is 16.5. The first-order valence-corrected chi connectivity index (χ1v) is 7.54. The Bertz CT molecular complexity index is 729. The lowest BCUT2D eigenvalue weighted by atomic mass is 9.94. The highest BCUT2D eigenvalue weighted by atomic mass is 35.5. The molecule has 0 unspecified atom stereocenters. The predicted octanol–water partition coefficient (Wildman–Crippen LogP) is 4.07. The fourth-order valence-electron chi connectivity index (χ4n) is 2.11. The predicted molar refractivity (Wildman–Crippen MR) is 88.5 cm³/mol. The minimum atomic E-state index is -0.608. The van der Waals surface area contributed by atoms with E-state index in [0.29, 0.717) is 27.1 Å². The van der Waals surface area contributed by atoms with Crippen LogP contribution in [0.1, 0.15) is 41.3 Å². The number of hydrogen-bond acceptors (Lipinski definition) is 3. The van der Waals surface area contributed by atoms with Crippen LogP contribution in [0.15, 0.2) is 24.4 Å². The molecule has 0 aliphatic rings. The average Bonchev–Trinajstić information content (AvgIpc) is 2.40. The van der Waals surface area contributed by atoms with Crippen LogP contribution < -0.4 is 5.32 Å². The SMILES string of the molecule is Cc1ncc(C(=O)NC(C)(C)c2ccc(Cl)c(Cl)c2)c(C)n1. The van der Waals surface area contributed by atoms with Gasteiger partial charge in [0.25, 0.3) is 5.91 Å². The number of nitrogens with zero attached hydrogens (tertiary/aromatic N) is 2. The van der Waals surface area contributed by atoms with Crippen LogP contribution in [0, 0.1) is 13.8 Å². The molecule has 0 saturated carbocycles. The van der Waals surface area contributed by atoms with Crippen molar-refractivity contribution in [2.24, 2.45) is 0 Å². The molecular weight excluding hydrogens is 321 g/mol. The lowest BCUT2D eigenvalue weighted by Crippen LogP contribution is -2.41. The maximum atomic E-state index is 12.5. The van der Waals surface area contributed by atoms with E-state index in [2.05, 4.69) is 15.3 Å². The Morgan fingerprint density at radius 3 is 2.45 bits per heavy atom. The van der Waals surface area contributed by atoms with E-state index in [9.17, 15) is 4.79 Å². The average molecular weight is 338 g/mol. The number of carbonyl (C=O) groups excluding carboxylic acids is 1. The third-order valence-corrected chi connectivity index (χ3v) is 4.15. The number of aromatic nitrogens is 2. The smallest absolute Gasteiger partial charge is 0.255 e. The topological polar surface area (TPSA) is 54.9 Å². The minimum absolute atomic E-state index is 0.228. The summed E-state index contributed by atoms with van der Waals surface area (Å²) >= 11 is 12.0. The number of aryl methyl sites for hydroxylation is 2. The number of nitrogens with one attached hydrogen (secondary N) is 1. The van der Waals surface area contributed by atoms with Gasteiger partial charge in [-0.1, -0.05) is 29.3 Å². The van der Waals surface area contributed by atoms with Crippen molar-refractivity contribution in [1.29, 1.82) is 0 Å². The Morgan fingerprint density at radius 1 is 1.18 bits per heavy atom. The Labute approximate surface area is 139 Å². The molecule has 116 valence electrons. The second kappa shape index (κ2) is 6.23.